The van der Waals surface area contributed by atoms with Gasteiger partial charge in [-0.2, -0.15) is 13.2 Å². The molecular weight excluding hydrogens is 279 g/mol. The second kappa shape index (κ2) is 6.81. The summed E-state index contributed by atoms with van der Waals surface area (Å²) in [6, 6.07) is 5.41. The number of hydrogen-bond donors (Lipinski definition) is 2. The summed E-state index contributed by atoms with van der Waals surface area (Å²) in [5.74, 6) is -0.280. The molecule has 1 aromatic carbocycles. The largest absolute Gasteiger partial charge is 0.446 e. The normalized spacial score (nSPS) is 13.1. The van der Waals surface area contributed by atoms with Gasteiger partial charge in [-0.05, 0) is 49.4 Å². The Bertz CT molecular complexity index is 418. The molecule has 0 fully saturated rings. The van der Waals surface area contributed by atoms with Gasteiger partial charge in [-0.25, -0.2) is 0 Å². The molecule has 0 aliphatic carbocycles. The van der Waals surface area contributed by atoms with Gasteiger partial charge in [-0.3, -0.25) is 4.79 Å². The van der Waals surface area contributed by atoms with Crippen LogP contribution in [0.15, 0.2) is 29.2 Å². The Morgan fingerprint density at radius 2 is 1.95 bits per heavy atom. The number of nitrogens with one attached hydrogen (secondary N) is 1. The van der Waals surface area contributed by atoms with Crippen LogP contribution in [0.2, 0.25) is 0 Å². The highest BCUT2D eigenvalue weighted by Gasteiger charge is 2.28. The molecule has 0 aliphatic heterocycles. The Hall–Kier alpha value is -1.21. The van der Waals surface area contributed by atoms with Crippen molar-refractivity contribution in [1.29, 1.82) is 0 Å². The third-order valence-corrected chi connectivity index (χ3v) is 2.90. The van der Waals surface area contributed by atoms with Gasteiger partial charge in [0.15, 0.2) is 0 Å². The van der Waals surface area contributed by atoms with Crippen LogP contribution in [0.5, 0.6) is 0 Å². The van der Waals surface area contributed by atoms with E-state index in [9.17, 15) is 18.0 Å². The maximum absolute atomic E-state index is 12.1. The average molecular weight is 293 g/mol. The second-order valence-electron chi connectivity index (χ2n) is 4.01. The third-order valence-electron chi connectivity index (χ3n) is 2.16. The third kappa shape index (κ3) is 7.07. The maximum atomic E-state index is 12.1. The van der Waals surface area contributed by atoms with Crippen LogP contribution in [0.4, 0.5) is 18.9 Å². The van der Waals surface area contributed by atoms with E-state index >= 15 is 0 Å². The van der Waals surface area contributed by atoms with Crippen LogP contribution in [0, 0.1) is 0 Å². The van der Waals surface area contributed by atoms with Gasteiger partial charge in [0, 0.05) is 17.0 Å². The zero-order valence-electron chi connectivity index (χ0n) is 10.2. The number of aliphatic hydroxyl groups excluding tert-OH is 1. The number of benzene rings is 1. The van der Waals surface area contributed by atoms with Gasteiger partial charge in [0.05, 0.1) is 6.10 Å². The highest BCUT2D eigenvalue weighted by Crippen LogP contribution is 2.36. The molecule has 2 N–H and O–H groups in total. The summed E-state index contributed by atoms with van der Waals surface area (Å²) in [7, 11) is 0. The fourth-order valence-electron chi connectivity index (χ4n) is 1.30. The first kappa shape index (κ1) is 15.8. The molecule has 106 valence electrons. The number of carbonyl (C=O) groups excluding carboxylic acids is 1. The van der Waals surface area contributed by atoms with E-state index in [0.29, 0.717) is 12.1 Å². The summed E-state index contributed by atoms with van der Waals surface area (Å²) < 4.78 is 36.3. The molecule has 0 aliphatic rings. The molecule has 0 saturated carbocycles. The molecule has 0 radical (unpaired) electrons. The fourth-order valence-corrected chi connectivity index (χ4v) is 1.84. The van der Waals surface area contributed by atoms with E-state index in [2.05, 4.69) is 5.32 Å². The van der Waals surface area contributed by atoms with E-state index in [0.717, 1.165) is 0 Å². The molecule has 0 aromatic heterocycles. The number of amides is 1. The smallest absolute Gasteiger partial charge is 0.393 e. The lowest BCUT2D eigenvalue weighted by Gasteiger charge is -2.08. The zero-order valence-corrected chi connectivity index (χ0v) is 11.0. The number of rotatable bonds is 5. The molecule has 1 amide bonds. The van der Waals surface area contributed by atoms with Gasteiger partial charge in [-0.1, -0.05) is 0 Å². The summed E-state index contributed by atoms with van der Waals surface area (Å²) in [4.78, 5) is 11.5. The zero-order chi connectivity index (χ0) is 14.5. The predicted molar refractivity (Wildman–Crippen MR) is 67.9 cm³/mol. The molecule has 7 heteroatoms. The molecule has 1 unspecified atom stereocenters. The van der Waals surface area contributed by atoms with Crippen LogP contribution in [-0.4, -0.2) is 22.6 Å². The van der Waals surface area contributed by atoms with Crippen LogP contribution in [0.1, 0.15) is 19.8 Å². The number of aliphatic hydroxyl groups is 1. The van der Waals surface area contributed by atoms with Crippen molar-refractivity contribution in [2.24, 2.45) is 0 Å². The van der Waals surface area contributed by atoms with Gasteiger partial charge in [0.1, 0.15) is 0 Å². The Kier molecular flexibility index (Phi) is 5.68. The molecule has 3 nitrogen and oxygen atoms in total. The van der Waals surface area contributed by atoms with E-state index < -0.39 is 11.6 Å². The fraction of sp³-hybridized carbons (Fsp3) is 0.417. The molecule has 0 heterocycles. The first-order valence-electron chi connectivity index (χ1n) is 5.60. The molecular formula is C12H14F3NO2S. The lowest BCUT2D eigenvalue weighted by Crippen LogP contribution is -2.13. The van der Waals surface area contributed by atoms with Crippen molar-refractivity contribution in [2.75, 3.05) is 5.32 Å². The van der Waals surface area contributed by atoms with Crippen LogP contribution in [0.3, 0.4) is 0 Å². The van der Waals surface area contributed by atoms with Gasteiger partial charge in [0.2, 0.25) is 5.91 Å². The summed E-state index contributed by atoms with van der Waals surface area (Å²) in [5, 5.41) is 11.6. The van der Waals surface area contributed by atoms with Crippen molar-refractivity contribution in [3.05, 3.63) is 24.3 Å². The molecule has 0 bridgehead atoms. The van der Waals surface area contributed by atoms with Gasteiger partial charge in [0.25, 0.3) is 0 Å². The minimum Gasteiger partial charge on any atom is -0.393 e. The van der Waals surface area contributed by atoms with E-state index in [1.807, 2.05) is 0 Å². The minimum absolute atomic E-state index is 0.0643. The molecule has 0 spiro atoms. The number of halogens is 3. The van der Waals surface area contributed by atoms with Crippen molar-refractivity contribution >= 4 is 23.4 Å². The molecule has 19 heavy (non-hydrogen) atoms. The predicted octanol–water partition coefficient (Wildman–Crippen LogP) is 3.40. The van der Waals surface area contributed by atoms with Crippen molar-refractivity contribution in [3.63, 3.8) is 0 Å². The van der Waals surface area contributed by atoms with Gasteiger partial charge < -0.3 is 10.4 Å². The SMILES string of the molecule is CC(O)CCC(=O)Nc1ccc(SC(F)(F)F)cc1. The van der Waals surface area contributed by atoms with Crippen molar-refractivity contribution < 1.29 is 23.1 Å². The summed E-state index contributed by atoms with van der Waals surface area (Å²) in [6.07, 6.45) is -0.0544. The number of hydrogen-bond acceptors (Lipinski definition) is 3. The minimum atomic E-state index is -4.32. The van der Waals surface area contributed by atoms with Gasteiger partial charge in [-0.15, -0.1) is 0 Å². The molecule has 1 rings (SSSR count). The standard InChI is InChI=1S/C12H14F3NO2S/c1-8(17)2-7-11(18)16-9-3-5-10(6-4-9)19-12(13,14)15/h3-6,8,17H,2,7H2,1H3,(H,16,18). The van der Waals surface area contributed by atoms with Crippen LogP contribution < -0.4 is 5.32 Å². The number of alkyl halides is 3. The Morgan fingerprint density at radius 3 is 2.42 bits per heavy atom. The average Bonchev–Trinajstić information content (AvgIpc) is 2.27. The van der Waals surface area contributed by atoms with E-state index in [4.69, 9.17) is 5.11 Å². The van der Waals surface area contributed by atoms with Crippen LogP contribution in [0.25, 0.3) is 0 Å². The number of carbonyl (C=O) groups is 1. The summed E-state index contributed by atoms with van der Waals surface area (Å²) in [6.45, 7) is 1.58. The first-order valence-corrected chi connectivity index (χ1v) is 6.41. The van der Waals surface area contributed by atoms with Crippen molar-refractivity contribution in [1.82, 2.24) is 0 Å². The summed E-state index contributed by atoms with van der Waals surface area (Å²) >= 11 is -0.203. The van der Waals surface area contributed by atoms with E-state index in [1.165, 1.54) is 24.3 Å². The number of anilines is 1. The van der Waals surface area contributed by atoms with Gasteiger partial charge >= 0.3 is 5.51 Å². The van der Waals surface area contributed by atoms with Crippen molar-refractivity contribution in [3.8, 4) is 0 Å². The monoisotopic (exact) mass is 293 g/mol. The first-order chi connectivity index (χ1) is 8.76. The lowest BCUT2D eigenvalue weighted by molar-refractivity contribution is -0.116. The van der Waals surface area contributed by atoms with Crippen LogP contribution in [-0.2, 0) is 4.79 Å². The number of thioether (sulfide) groups is 1. The van der Waals surface area contributed by atoms with Crippen LogP contribution >= 0.6 is 11.8 Å². The molecule has 1 aromatic rings. The second-order valence-corrected chi connectivity index (χ2v) is 5.15. The Morgan fingerprint density at radius 1 is 1.37 bits per heavy atom. The topological polar surface area (TPSA) is 49.3 Å². The Labute approximate surface area is 113 Å². The summed E-state index contributed by atoms with van der Waals surface area (Å²) in [5.41, 5.74) is -3.88. The molecule has 1 atom stereocenters. The Balaban J connectivity index is 2.50. The van der Waals surface area contributed by atoms with Crippen molar-refractivity contribution in [2.45, 2.75) is 36.3 Å². The highest BCUT2D eigenvalue weighted by atomic mass is 32.2. The van der Waals surface area contributed by atoms with E-state index in [-0.39, 0.29) is 29.0 Å². The molecule has 0 saturated heterocycles. The maximum Gasteiger partial charge on any atom is 0.446 e. The quantitative estimate of drug-likeness (QED) is 0.818. The lowest BCUT2D eigenvalue weighted by atomic mass is 10.2. The van der Waals surface area contributed by atoms with E-state index in [1.54, 1.807) is 6.92 Å². The highest BCUT2D eigenvalue weighted by molar-refractivity contribution is 8.00.